The molecule has 27 heavy (non-hydrogen) atoms. The lowest BCUT2D eigenvalue weighted by molar-refractivity contribution is -0.162. The molecule has 2 aliphatic heterocycles. The first kappa shape index (κ1) is 22.2. The van der Waals surface area contributed by atoms with Crippen molar-refractivity contribution in [1.82, 2.24) is 14.8 Å². The molecule has 150 valence electrons. The van der Waals surface area contributed by atoms with E-state index in [2.05, 4.69) is 5.00 Å². The van der Waals surface area contributed by atoms with Gasteiger partial charge in [0, 0.05) is 24.8 Å². The largest absolute Gasteiger partial charge is 0.428 e. The van der Waals surface area contributed by atoms with Gasteiger partial charge < -0.3 is 30.2 Å². The number of carbonyl (C=O) groups is 2. The molecule has 0 aromatic heterocycles. The molecule has 1 amide bonds. The molecular formula is C15H27BN5O4PS. The van der Waals surface area contributed by atoms with Gasteiger partial charge in [-0.2, -0.15) is 0 Å². The Bertz CT molecular complexity index is 650. The summed E-state index contributed by atoms with van der Waals surface area (Å²) in [6.07, 6.45) is -0.762. The van der Waals surface area contributed by atoms with Gasteiger partial charge in [-0.1, -0.05) is 18.7 Å². The van der Waals surface area contributed by atoms with Gasteiger partial charge >= 0.3 is 5.97 Å². The quantitative estimate of drug-likeness (QED) is 0.122. The molecule has 0 aliphatic carbocycles. The summed E-state index contributed by atoms with van der Waals surface area (Å²) in [5.41, 5.74) is 6.51. The van der Waals surface area contributed by atoms with E-state index in [1.807, 2.05) is 18.9 Å². The van der Waals surface area contributed by atoms with Crippen LogP contribution in [0.4, 0.5) is 0 Å². The Kier molecular flexibility index (Phi) is 7.70. The third kappa shape index (κ3) is 4.66. The van der Waals surface area contributed by atoms with Crippen molar-refractivity contribution in [3.8, 4) is 0 Å². The molecule has 0 aromatic rings. The Morgan fingerprint density at radius 1 is 1.63 bits per heavy atom. The lowest BCUT2D eigenvalue weighted by atomic mass is 9.77. The Hall–Kier alpha value is -1.13. The molecule has 9 nitrogen and oxygen atoms in total. The van der Waals surface area contributed by atoms with Gasteiger partial charge in [0.05, 0.1) is 18.1 Å². The maximum Gasteiger partial charge on any atom is 0.358 e. The topological polar surface area (TPSA) is 132 Å². The fourth-order valence-corrected chi connectivity index (χ4v) is 4.58. The van der Waals surface area contributed by atoms with Crippen LogP contribution in [0.2, 0.25) is 0 Å². The Morgan fingerprint density at radius 3 is 2.85 bits per heavy atom. The van der Waals surface area contributed by atoms with Crippen LogP contribution in [0, 0.1) is 17.2 Å². The maximum absolute atomic E-state index is 12.6. The smallest absolute Gasteiger partial charge is 0.358 e. The lowest BCUT2D eigenvalue weighted by Crippen LogP contribution is -2.63. The number of carbonyl (C=O) groups excluding carboxylic acids is 2. The van der Waals surface area contributed by atoms with E-state index in [9.17, 15) is 14.7 Å². The van der Waals surface area contributed by atoms with Gasteiger partial charge in [0.15, 0.2) is 13.1 Å². The Labute approximate surface area is 166 Å². The SMILES string of the molecule is BNPOC(=O)C1=C(CN(C)CCSC(=N)N)[C@H](C)[C@@H]2[C@@H]([C@@H](C)O)C(=O)N12. The van der Waals surface area contributed by atoms with Crippen LogP contribution < -0.4 is 10.7 Å². The van der Waals surface area contributed by atoms with Gasteiger partial charge in [0.1, 0.15) is 14.7 Å². The summed E-state index contributed by atoms with van der Waals surface area (Å²) in [6, 6.07) is -0.215. The standard InChI is InChI=1S/C15H27BN5O4PS/c1-7-9(6-20(3)4-5-27-15(17)18)12(14(24)25-26-19-16)21-11(7)10(8(2)22)13(21)23/h7-8,10-11,19,22,26H,4-6,16H2,1-3H3,(H3,17,18)/t7-,8+,10+,11+/m0/s1. The molecule has 1 saturated heterocycles. The number of amidine groups is 1. The number of nitrogens with zero attached hydrogens (tertiary/aromatic N) is 2. The molecule has 5 atom stereocenters. The molecule has 0 aromatic carbocycles. The number of fused-ring (bicyclic) bond motifs is 1. The second kappa shape index (κ2) is 9.38. The summed E-state index contributed by atoms with van der Waals surface area (Å²) in [6.45, 7) is 4.77. The van der Waals surface area contributed by atoms with Crippen molar-refractivity contribution in [3.05, 3.63) is 11.3 Å². The molecule has 0 saturated carbocycles. The molecule has 1 unspecified atom stereocenters. The summed E-state index contributed by atoms with van der Waals surface area (Å²) < 4.78 is 5.24. The van der Waals surface area contributed by atoms with Crippen molar-refractivity contribution in [3.63, 3.8) is 0 Å². The van der Waals surface area contributed by atoms with Crippen molar-refractivity contribution < 1.29 is 19.2 Å². The predicted molar refractivity (Wildman–Crippen MR) is 110 cm³/mol. The molecule has 2 rings (SSSR count). The minimum atomic E-state index is -0.762. The molecule has 12 heteroatoms. The number of rotatable bonds is 9. The molecule has 5 N–H and O–H groups in total. The normalized spacial score (nSPS) is 25.9. The van der Waals surface area contributed by atoms with Crippen LogP contribution in [0.1, 0.15) is 13.8 Å². The fourth-order valence-electron chi connectivity index (χ4n) is 3.67. The van der Waals surface area contributed by atoms with E-state index < -0.39 is 18.0 Å². The Balaban J connectivity index is 2.20. The first-order chi connectivity index (χ1) is 12.7. The average Bonchev–Trinajstić information content (AvgIpc) is 2.81. The van der Waals surface area contributed by atoms with Gasteiger partial charge in [-0.3, -0.25) is 10.2 Å². The summed E-state index contributed by atoms with van der Waals surface area (Å²) >= 11 is 1.26. The minimum Gasteiger partial charge on any atom is -0.428 e. The van der Waals surface area contributed by atoms with E-state index in [0.29, 0.717) is 24.5 Å². The number of nitrogens with one attached hydrogen (secondary N) is 2. The van der Waals surface area contributed by atoms with Gasteiger partial charge in [0.2, 0.25) is 5.91 Å². The third-order valence-corrected chi connectivity index (χ3v) is 6.11. The first-order valence-corrected chi connectivity index (χ1v) is 10.6. The number of aliphatic hydroxyl groups excluding tert-OH is 1. The molecule has 0 bridgehead atoms. The molecule has 2 aliphatic rings. The van der Waals surface area contributed by atoms with E-state index in [-0.39, 0.29) is 32.0 Å². The Morgan fingerprint density at radius 2 is 2.30 bits per heavy atom. The van der Waals surface area contributed by atoms with E-state index in [0.717, 1.165) is 5.57 Å². The van der Waals surface area contributed by atoms with E-state index in [1.165, 1.54) is 16.7 Å². The third-order valence-electron chi connectivity index (χ3n) is 4.93. The summed E-state index contributed by atoms with van der Waals surface area (Å²) in [4.78, 5) is 31.5. The number of hydrogen-bond donors (Lipinski definition) is 4. The van der Waals surface area contributed by atoms with Gasteiger partial charge in [-0.15, -0.1) is 0 Å². The number of nitrogens with two attached hydrogens (primary N) is 1. The van der Waals surface area contributed by atoms with Crippen molar-refractivity contribution in [2.45, 2.75) is 26.0 Å². The monoisotopic (exact) mass is 415 g/mol. The summed E-state index contributed by atoms with van der Waals surface area (Å²) in [5.74, 6) is -0.629. The van der Waals surface area contributed by atoms with Gasteiger partial charge in [0.25, 0.3) is 0 Å². The summed E-state index contributed by atoms with van der Waals surface area (Å²) in [7, 11) is 3.41. The number of hydrogen-bond acceptors (Lipinski definition) is 8. The molecule has 1 fully saturated rings. The average molecular weight is 415 g/mol. The second-order valence-corrected chi connectivity index (χ2v) is 8.86. The fraction of sp³-hybridized carbons (Fsp3) is 0.667. The van der Waals surface area contributed by atoms with Crippen LogP contribution in [-0.2, 0) is 14.1 Å². The van der Waals surface area contributed by atoms with Crippen molar-refractivity contribution in [1.29, 1.82) is 5.41 Å². The molecular weight excluding hydrogens is 388 g/mol. The van der Waals surface area contributed by atoms with Crippen molar-refractivity contribution >= 4 is 45.7 Å². The van der Waals surface area contributed by atoms with Crippen LogP contribution in [-0.4, -0.2) is 78.0 Å². The second-order valence-electron chi connectivity index (χ2n) is 6.82. The van der Waals surface area contributed by atoms with Crippen LogP contribution in [0.5, 0.6) is 0 Å². The molecule has 0 spiro atoms. The molecule has 0 radical (unpaired) electrons. The number of aliphatic hydroxyl groups is 1. The zero-order chi connectivity index (χ0) is 20.3. The number of β-lactam (4-membered cyclic amide) rings is 1. The minimum absolute atomic E-state index is 0.0503. The lowest BCUT2D eigenvalue weighted by Gasteiger charge is -2.46. The zero-order valence-corrected chi connectivity index (χ0v) is 17.8. The van der Waals surface area contributed by atoms with Crippen LogP contribution in [0.25, 0.3) is 0 Å². The van der Waals surface area contributed by atoms with Gasteiger partial charge in [-0.25, -0.2) is 4.79 Å². The van der Waals surface area contributed by atoms with Crippen LogP contribution in [0.15, 0.2) is 11.3 Å². The number of thioether (sulfide) groups is 1. The highest BCUT2D eigenvalue weighted by molar-refractivity contribution is 8.13. The van der Waals surface area contributed by atoms with Crippen molar-refractivity contribution in [2.24, 2.45) is 17.6 Å². The first-order valence-electron chi connectivity index (χ1n) is 8.73. The summed E-state index contributed by atoms with van der Waals surface area (Å²) in [5, 5.41) is 17.3. The number of amides is 1. The van der Waals surface area contributed by atoms with Crippen LogP contribution >= 0.6 is 20.7 Å². The molecule has 2 heterocycles. The highest BCUT2D eigenvalue weighted by atomic mass is 32.2. The maximum atomic E-state index is 12.6. The van der Waals surface area contributed by atoms with E-state index >= 15 is 0 Å². The zero-order valence-electron chi connectivity index (χ0n) is 16.0. The van der Waals surface area contributed by atoms with E-state index in [4.69, 9.17) is 15.7 Å². The predicted octanol–water partition coefficient (Wildman–Crippen LogP) is -1.15. The highest BCUT2D eigenvalue weighted by Gasteiger charge is 2.59. The van der Waals surface area contributed by atoms with Crippen LogP contribution in [0.3, 0.4) is 0 Å². The number of likely N-dealkylation sites (N-methyl/N-ethyl adjacent to an activating group) is 1. The highest BCUT2D eigenvalue weighted by Crippen LogP contribution is 2.47. The van der Waals surface area contributed by atoms with Crippen molar-refractivity contribution in [2.75, 3.05) is 25.9 Å². The van der Waals surface area contributed by atoms with Gasteiger partial charge in [-0.05, 0) is 19.5 Å². The van der Waals surface area contributed by atoms with E-state index in [1.54, 1.807) is 14.9 Å².